The first-order chi connectivity index (χ1) is 12.8. The van der Waals surface area contributed by atoms with Gasteiger partial charge < -0.3 is 0 Å². The zero-order valence-electron chi connectivity index (χ0n) is 15.1. The van der Waals surface area contributed by atoms with E-state index in [1.54, 1.807) is 46.9 Å². The standard InChI is InChI=1S/C18H18N6O2S/c1-12-15(11-23(2)21-12)16-8-7-14(10-19-16)27(25,26)22-17-6-4-5-13-9-20-24(3)18(13)17/h4-11,22H,1-3H3. The topological polar surface area (TPSA) is 94.7 Å². The van der Waals surface area contributed by atoms with Crippen molar-refractivity contribution in [2.24, 2.45) is 14.1 Å². The van der Waals surface area contributed by atoms with Crippen molar-refractivity contribution in [1.29, 1.82) is 0 Å². The normalized spacial score (nSPS) is 11.8. The molecule has 0 aliphatic rings. The summed E-state index contributed by atoms with van der Waals surface area (Å²) in [6.45, 7) is 1.89. The van der Waals surface area contributed by atoms with E-state index in [0.29, 0.717) is 11.4 Å². The van der Waals surface area contributed by atoms with Crippen molar-refractivity contribution < 1.29 is 8.42 Å². The smallest absolute Gasteiger partial charge is 0.263 e. The fraction of sp³-hybridized carbons (Fsp3) is 0.167. The highest BCUT2D eigenvalue weighted by Crippen LogP contribution is 2.26. The molecule has 1 N–H and O–H groups in total. The van der Waals surface area contributed by atoms with E-state index in [1.165, 1.54) is 6.20 Å². The molecule has 4 aromatic rings. The van der Waals surface area contributed by atoms with Gasteiger partial charge in [-0.05, 0) is 25.1 Å². The zero-order valence-corrected chi connectivity index (χ0v) is 15.9. The Balaban J connectivity index is 1.68. The fourth-order valence-corrected chi connectivity index (χ4v) is 4.08. The number of rotatable bonds is 4. The van der Waals surface area contributed by atoms with Crippen molar-refractivity contribution in [2.75, 3.05) is 4.72 Å². The highest BCUT2D eigenvalue weighted by molar-refractivity contribution is 7.92. The quantitative estimate of drug-likeness (QED) is 0.585. The number of nitrogens with one attached hydrogen (secondary N) is 1. The average Bonchev–Trinajstić information content (AvgIpc) is 3.17. The SMILES string of the molecule is Cc1nn(C)cc1-c1ccc(S(=O)(=O)Nc2cccc3cnn(C)c23)cn1. The number of nitrogens with zero attached hydrogens (tertiary/aromatic N) is 5. The Kier molecular flexibility index (Phi) is 3.96. The van der Waals surface area contributed by atoms with Crippen LogP contribution in [0, 0.1) is 6.92 Å². The van der Waals surface area contributed by atoms with Crippen molar-refractivity contribution >= 4 is 26.6 Å². The van der Waals surface area contributed by atoms with E-state index < -0.39 is 10.0 Å². The van der Waals surface area contributed by atoms with E-state index in [0.717, 1.165) is 22.2 Å². The van der Waals surface area contributed by atoms with Gasteiger partial charge in [0.25, 0.3) is 10.0 Å². The van der Waals surface area contributed by atoms with Gasteiger partial charge in [-0.3, -0.25) is 19.1 Å². The number of sulfonamides is 1. The first-order valence-corrected chi connectivity index (χ1v) is 9.74. The van der Waals surface area contributed by atoms with Gasteiger partial charge in [-0.25, -0.2) is 8.42 Å². The van der Waals surface area contributed by atoms with Gasteiger partial charge in [-0.15, -0.1) is 0 Å². The molecule has 0 aliphatic carbocycles. The van der Waals surface area contributed by atoms with E-state index in [2.05, 4.69) is 19.9 Å². The first-order valence-electron chi connectivity index (χ1n) is 8.25. The van der Waals surface area contributed by atoms with Gasteiger partial charge in [-0.1, -0.05) is 12.1 Å². The van der Waals surface area contributed by atoms with Gasteiger partial charge in [0.05, 0.1) is 28.8 Å². The lowest BCUT2D eigenvalue weighted by molar-refractivity contribution is 0.601. The molecule has 0 fully saturated rings. The molecule has 8 nitrogen and oxygen atoms in total. The van der Waals surface area contributed by atoms with Crippen molar-refractivity contribution in [3.05, 3.63) is 54.6 Å². The number of aryl methyl sites for hydroxylation is 3. The minimum atomic E-state index is -3.78. The zero-order chi connectivity index (χ0) is 19.2. The third-order valence-electron chi connectivity index (χ3n) is 4.34. The highest BCUT2D eigenvalue weighted by Gasteiger charge is 2.18. The van der Waals surface area contributed by atoms with Crippen molar-refractivity contribution in [1.82, 2.24) is 24.5 Å². The second-order valence-electron chi connectivity index (χ2n) is 6.30. The van der Waals surface area contributed by atoms with E-state index in [1.807, 2.05) is 26.2 Å². The molecule has 138 valence electrons. The van der Waals surface area contributed by atoms with Crippen molar-refractivity contribution in [3.63, 3.8) is 0 Å². The Hall–Kier alpha value is -3.20. The molecule has 0 radical (unpaired) electrons. The van der Waals surface area contributed by atoms with Crippen LogP contribution in [0.1, 0.15) is 5.69 Å². The van der Waals surface area contributed by atoms with Crippen LogP contribution in [0.5, 0.6) is 0 Å². The Morgan fingerprint density at radius 3 is 2.56 bits per heavy atom. The van der Waals surface area contributed by atoms with Crippen molar-refractivity contribution in [3.8, 4) is 11.3 Å². The van der Waals surface area contributed by atoms with Crippen LogP contribution in [0.4, 0.5) is 5.69 Å². The van der Waals surface area contributed by atoms with Gasteiger partial charge >= 0.3 is 0 Å². The molecule has 1 aromatic carbocycles. The minimum absolute atomic E-state index is 0.0898. The van der Waals surface area contributed by atoms with Crippen LogP contribution in [0.15, 0.2) is 53.8 Å². The molecule has 9 heteroatoms. The Labute approximate surface area is 156 Å². The van der Waals surface area contributed by atoms with Crippen LogP contribution in [0.25, 0.3) is 22.2 Å². The maximum atomic E-state index is 12.8. The number of hydrogen-bond acceptors (Lipinski definition) is 5. The molecule has 0 bridgehead atoms. The van der Waals surface area contributed by atoms with Crippen LogP contribution in [-0.2, 0) is 24.1 Å². The minimum Gasteiger partial charge on any atom is -0.277 e. The molecule has 0 spiro atoms. The third-order valence-corrected chi connectivity index (χ3v) is 5.69. The maximum absolute atomic E-state index is 12.8. The summed E-state index contributed by atoms with van der Waals surface area (Å²) in [5.74, 6) is 0. The summed E-state index contributed by atoms with van der Waals surface area (Å²) in [6, 6.07) is 8.60. The largest absolute Gasteiger partial charge is 0.277 e. The molecule has 27 heavy (non-hydrogen) atoms. The van der Waals surface area contributed by atoms with Crippen molar-refractivity contribution in [2.45, 2.75) is 11.8 Å². The van der Waals surface area contributed by atoms with Crippen LogP contribution >= 0.6 is 0 Å². The van der Waals surface area contributed by atoms with Crippen LogP contribution in [0.2, 0.25) is 0 Å². The molecule has 0 atom stereocenters. The second kappa shape index (κ2) is 6.20. The van der Waals surface area contributed by atoms with Gasteiger partial charge in [-0.2, -0.15) is 10.2 Å². The predicted molar refractivity (Wildman–Crippen MR) is 103 cm³/mol. The monoisotopic (exact) mass is 382 g/mol. The average molecular weight is 382 g/mol. The molecular weight excluding hydrogens is 364 g/mol. The molecule has 3 heterocycles. The molecule has 3 aromatic heterocycles. The summed E-state index contributed by atoms with van der Waals surface area (Å²) < 4.78 is 31.6. The molecule has 0 saturated heterocycles. The molecule has 0 saturated carbocycles. The summed E-state index contributed by atoms with van der Waals surface area (Å²) >= 11 is 0. The summed E-state index contributed by atoms with van der Waals surface area (Å²) in [5, 5.41) is 9.32. The molecule has 0 aliphatic heterocycles. The molecular formula is C18H18N6O2S. The van der Waals surface area contributed by atoms with Gasteiger partial charge in [0.15, 0.2) is 0 Å². The van der Waals surface area contributed by atoms with E-state index in [9.17, 15) is 8.42 Å². The van der Waals surface area contributed by atoms with Gasteiger partial charge in [0.2, 0.25) is 0 Å². The number of aromatic nitrogens is 5. The number of benzene rings is 1. The van der Waals surface area contributed by atoms with Gasteiger partial charge in [0.1, 0.15) is 4.90 Å². The van der Waals surface area contributed by atoms with E-state index in [-0.39, 0.29) is 4.90 Å². The van der Waals surface area contributed by atoms with E-state index in [4.69, 9.17) is 0 Å². The van der Waals surface area contributed by atoms with Crippen LogP contribution < -0.4 is 4.72 Å². The Morgan fingerprint density at radius 2 is 1.89 bits per heavy atom. The van der Waals surface area contributed by atoms with Crippen LogP contribution in [0.3, 0.4) is 0 Å². The van der Waals surface area contributed by atoms with Gasteiger partial charge in [0, 0.05) is 37.4 Å². The van der Waals surface area contributed by atoms with Crippen LogP contribution in [-0.4, -0.2) is 33.0 Å². The first kappa shape index (κ1) is 17.2. The molecule has 4 rings (SSSR count). The summed E-state index contributed by atoms with van der Waals surface area (Å²) in [5.41, 5.74) is 3.57. The Morgan fingerprint density at radius 1 is 1.07 bits per heavy atom. The number of para-hydroxylation sites is 1. The third kappa shape index (κ3) is 3.06. The summed E-state index contributed by atoms with van der Waals surface area (Å²) in [4.78, 5) is 4.40. The molecule has 0 unspecified atom stereocenters. The number of pyridine rings is 1. The van der Waals surface area contributed by atoms with E-state index >= 15 is 0 Å². The molecule has 0 amide bonds. The number of hydrogen-bond donors (Lipinski definition) is 1. The number of anilines is 1. The fourth-order valence-electron chi connectivity index (χ4n) is 3.07. The number of fused-ring (bicyclic) bond motifs is 1. The lowest BCUT2D eigenvalue weighted by atomic mass is 10.2. The summed E-state index contributed by atoms with van der Waals surface area (Å²) in [7, 11) is -0.176. The lowest BCUT2D eigenvalue weighted by Gasteiger charge is -2.10. The lowest BCUT2D eigenvalue weighted by Crippen LogP contribution is -2.14. The summed E-state index contributed by atoms with van der Waals surface area (Å²) in [6.07, 6.45) is 4.90. The predicted octanol–water partition coefficient (Wildman–Crippen LogP) is 2.48. The second-order valence-corrected chi connectivity index (χ2v) is 7.98. The maximum Gasteiger partial charge on any atom is 0.263 e. The highest BCUT2D eigenvalue weighted by atomic mass is 32.2. The Bertz CT molecular complexity index is 1240.